The van der Waals surface area contributed by atoms with E-state index >= 15 is 0 Å². The van der Waals surface area contributed by atoms with Crippen LogP contribution in [0.5, 0.6) is 0 Å². The Hall–Kier alpha value is -2.38. The molecule has 0 atom stereocenters. The van der Waals surface area contributed by atoms with Gasteiger partial charge in [-0.05, 0) is 37.4 Å². The van der Waals surface area contributed by atoms with Gasteiger partial charge in [0.2, 0.25) is 0 Å². The Morgan fingerprint density at radius 3 is 2.92 bits per heavy atom. The van der Waals surface area contributed by atoms with E-state index in [-0.39, 0.29) is 18.3 Å². The van der Waals surface area contributed by atoms with Crippen molar-refractivity contribution < 1.29 is 14.0 Å². The maximum Gasteiger partial charge on any atom is 0.291 e. The number of fused-ring (bicyclic) bond motifs is 1. The molecule has 0 unspecified atom stereocenters. The van der Waals surface area contributed by atoms with Crippen molar-refractivity contribution in [1.82, 2.24) is 15.0 Å². The van der Waals surface area contributed by atoms with Crippen LogP contribution in [-0.4, -0.2) is 28.3 Å². The van der Waals surface area contributed by atoms with Gasteiger partial charge < -0.3 is 4.57 Å². The Morgan fingerprint density at radius 2 is 2.20 bits per heavy atom. The second-order valence-corrected chi connectivity index (χ2v) is 6.25. The molecule has 3 rings (SSSR count). The largest absolute Gasteiger partial charge is 0.331 e. The zero-order valence-corrected chi connectivity index (χ0v) is 14.8. The summed E-state index contributed by atoms with van der Waals surface area (Å²) in [6, 6.07) is 8.68. The Balaban J connectivity index is 2.03. The van der Waals surface area contributed by atoms with Crippen LogP contribution in [0.15, 0.2) is 47.6 Å². The van der Waals surface area contributed by atoms with Gasteiger partial charge in [0, 0.05) is 22.0 Å². The highest BCUT2D eigenvalue weighted by Gasteiger charge is 2.17. The lowest BCUT2D eigenvalue weighted by Gasteiger charge is -2.12. The quantitative estimate of drug-likeness (QED) is 0.539. The number of pyridine rings is 1. The van der Waals surface area contributed by atoms with E-state index in [1.54, 1.807) is 36.0 Å². The highest BCUT2D eigenvalue weighted by atomic mass is 32.2. The van der Waals surface area contributed by atoms with Gasteiger partial charge in [-0.25, -0.2) is 9.87 Å². The minimum absolute atomic E-state index is 0.227. The van der Waals surface area contributed by atoms with Crippen LogP contribution in [0.3, 0.4) is 0 Å². The van der Waals surface area contributed by atoms with Crippen LogP contribution in [0.4, 0.5) is 4.39 Å². The van der Waals surface area contributed by atoms with Gasteiger partial charge in [-0.3, -0.25) is 14.6 Å². The molecule has 2 aromatic heterocycles. The summed E-state index contributed by atoms with van der Waals surface area (Å²) in [7, 11) is 0. The van der Waals surface area contributed by atoms with E-state index < -0.39 is 0 Å². The molecule has 0 aliphatic heterocycles. The van der Waals surface area contributed by atoms with Crippen molar-refractivity contribution >= 4 is 28.6 Å². The van der Waals surface area contributed by atoms with E-state index in [9.17, 15) is 9.18 Å². The van der Waals surface area contributed by atoms with Crippen molar-refractivity contribution in [1.29, 1.82) is 0 Å². The molecule has 0 spiro atoms. The molecule has 5 nitrogen and oxygen atoms in total. The lowest BCUT2D eigenvalue weighted by molar-refractivity contribution is 0.0357. The average molecular weight is 359 g/mol. The molecular weight excluding hydrogens is 341 g/mol. The first kappa shape index (κ1) is 17.4. The number of amides is 1. The van der Waals surface area contributed by atoms with Crippen LogP contribution < -0.4 is 5.48 Å². The summed E-state index contributed by atoms with van der Waals surface area (Å²) in [6.45, 7) is 2.37. The number of thioether (sulfide) groups is 1. The van der Waals surface area contributed by atoms with Gasteiger partial charge >= 0.3 is 0 Å². The smallest absolute Gasteiger partial charge is 0.291 e. The first-order valence-electron chi connectivity index (χ1n) is 7.81. The summed E-state index contributed by atoms with van der Waals surface area (Å²) in [4.78, 5) is 22.4. The Kier molecular flexibility index (Phi) is 5.35. The molecular formula is C18H18FN3O2S. The third-order valence-corrected chi connectivity index (χ3v) is 4.56. The number of hydroxylamine groups is 1. The Labute approximate surface area is 149 Å². The summed E-state index contributed by atoms with van der Waals surface area (Å²) in [5.74, 6) is -0.673. The number of carbonyl (C=O) groups is 1. The molecule has 25 heavy (non-hydrogen) atoms. The highest BCUT2D eigenvalue weighted by molar-refractivity contribution is 7.98. The van der Waals surface area contributed by atoms with Gasteiger partial charge in [0.05, 0.1) is 24.9 Å². The Bertz CT molecular complexity index is 910. The van der Waals surface area contributed by atoms with E-state index in [1.165, 1.54) is 17.8 Å². The second kappa shape index (κ2) is 7.67. The van der Waals surface area contributed by atoms with Crippen molar-refractivity contribution in [2.45, 2.75) is 18.4 Å². The number of aromatic nitrogens is 2. The summed E-state index contributed by atoms with van der Waals surface area (Å²) >= 11 is 1.48. The summed E-state index contributed by atoms with van der Waals surface area (Å²) < 4.78 is 16.1. The number of nitrogens with one attached hydrogen (secondary N) is 1. The molecule has 1 aromatic carbocycles. The zero-order valence-electron chi connectivity index (χ0n) is 14.0. The molecule has 0 aliphatic carbocycles. The minimum atomic E-state index is -0.376. The molecule has 130 valence electrons. The fraction of sp³-hybridized carbons (Fsp3) is 0.222. The predicted molar refractivity (Wildman–Crippen MR) is 96.1 cm³/mol. The molecule has 2 heterocycles. The van der Waals surface area contributed by atoms with Gasteiger partial charge in [-0.15, -0.1) is 11.8 Å². The van der Waals surface area contributed by atoms with Crippen molar-refractivity contribution in [2.75, 3.05) is 12.9 Å². The van der Waals surface area contributed by atoms with E-state index in [0.717, 1.165) is 15.8 Å². The zero-order chi connectivity index (χ0) is 17.8. The van der Waals surface area contributed by atoms with Crippen molar-refractivity contribution in [3.05, 3.63) is 59.8 Å². The van der Waals surface area contributed by atoms with Crippen molar-refractivity contribution in [2.24, 2.45) is 0 Å². The predicted octanol–water partition coefficient (Wildman–Crippen LogP) is 3.63. The first-order valence-corrected chi connectivity index (χ1v) is 9.04. The molecule has 3 aromatic rings. The van der Waals surface area contributed by atoms with Gasteiger partial charge in [0.15, 0.2) is 0 Å². The molecule has 0 saturated carbocycles. The SMILES string of the molecule is CCONC(=O)c1cc2ccncc2n1Cc1ccc(SC)cc1F. The number of hydrogen-bond acceptors (Lipinski definition) is 4. The Morgan fingerprint density at radius 1 is 1.36 bits per heavy atom. The number of rotatable bonds is 6. The molecule has 0 radical (unpaired) electrons. The molecule has 0 aliphatic rings. The number of carbonyl (C=O) groups excluding carboxylic acids is 1. The molecule has 0 fully saturated rings. The van der Waals surface area contributed by atoms with E-state index in [1.807, 2.05) is 18.4 Å². The van der Waals surface area contributed by atoms with Crippen LogP contribution in [0.2, 0.25) is 0 Å². The lowest BCUT2D eigenvalue weighted by Crippen LogP contribution is -2.26. The highest BCUT2D eigenvalue weighted by Crippen LogP contribution is 2.23. The van der Waals surface area contributed by atoms with Gasteiger partial charge in [0.25, 0.3) is 5.91 Å². The van der Waals surface area contributed by atoms with E-state index in [0.29, 0.717) is 17.9 Å². The van der Waals surface area contributed by atoms with Crippen LogP contribution in [0.1, 0.15) is 23.0 Å². The third-order valence-electron chi connectivity index (χ3n) is 3.84. The van der Waals surface area contributed by atoms with Crippen molar-refractivity contribution in [3.8, 4) is 0 Å². The fourth-order valence-corrected chi connectivity index (χ4v) is 3.03. The molecule has 1 amide bonds. The van der Waals surface area contributed by atoms with E-state index in [2.05, 4.69) is 10.5 Å². The average Bonchev–Trinajstić information content (AvgIpc) is 3.00. The standard InChI is InChI=1S/C18H18FN3O2S/c1-3-24-21-18(23)16-8-12-6-7-20-10-17(12)22(16)11-13-4-5-14(25-2)9-15(13)19/h4-10H,3,11H2,1-2H3,(H,21,23). The summed E-state index contributed by atoms with van der Waals surface area (Å²) in [5.41, 5.74) is 4.05. The summed E-state index contributed by atoms with van der Waals surface area (Å²) in [6.07, 6.45) is 5.22. The fourth-order valence-electron chi connectivity index (χ4n) is 2.60. The van der Waals surface area contributed by atoms with E-state index in [4.69, 9.17) is 4.84 Å². The van der Waals surface area contributed by atoms with Crippen LogP contribution in [0.25, 0.3) is 10.9 Å². The second-order valence-electron chi connectivity index (χ2n) is 5.37. The first-order chi connectivity index (χ1) is 12.1. The third kappa shape index (κ3) is 3.67. The van der Waals surface area contributed by atoms with Crippen molar-refractivity contribution in [3.63, 3.8) is 0 Å². The number of benzene rings is 1. The minimum Gasteiger partial charge on any atom is -0.331 e. The van der Waals surface area contributed by atoms with Crippen LogP contribution in [0, 0.1) is 5.82 Å². The normalized spacial score (nSPS) is 11.0. The molecule has 1 N–H and O–H groups in total. The van der Waals surface area contributed by atoms with Crippen LogP contribution in [-0.2, 0) is 11.4 Å². The monoisotopic (exact) mass is 359 g/mol. The molecule has 0 bridgehead atoms. The van der Waals surface area contributed by atoms with Gasteiger partial charge in [0.1, 0.15) is 11.5 Å². The van der Waals surface area contributed by atoms with Gasteiger partial charge in [-0.2, -0.15) is 0 Å². The lowest BCUT2D eigenvalue weighted by atomic mass is 10.2. The topological polar surface area (TPSA) is 56.1 Å². The number of hydrogen-bond donors (Lipinski definition) is 1. The number of halogens is 1. The molecule has 0 saturated heterocycles. The molecule has 7 heteroatoms. The summed E-state index contributed by atoms with van der Waals surface area (Å²) in [5, 5.41) is 0.859. The van der Waals surface area contributed by atoms with Crippen LogP contribution >= 0.6 is 11.8 Å². The maximum absolute atomic E-state index is 14.4. The maximum atomic E-state index is 14.4. The number of nitrogens with zero attached hydrogens (tertiary/aromatic N) is 2. The van der Waals surface area contributed by atoms with Gasteiger partial charge in [-0.1, -0.05) is 6.07 Å².